The van der Waals surface area contributed by atoms with E-state index in [0.717, 1.165) is 11.3 Å². The normalized spacial score (nSPS) is 10.4. The lowest BCUT2D eigenvalue weighted by Gasteiger charge is -2.17. The Balaban J connectivity index is 0.00000148. The molecular formula is C28H27N3O5. The monoisotopic (exact) mass is 485 g/mol. The molecule has 0 amide bonds. The fourth-order valence-electron chi connectivity index (χ4n) is 3.76. The number of aromatic nitrogens is 3. The maximum absolute atomic E-state index is 12.8. The molecule has 0 atom stereocenters. The van der Waals surface area contributed by atoms with Crippen LogP contribution in [0.3, 0.4) is 0 Å². The number of carbonyl (C=O) groups is 1. The molecule has 36 heavy (non-hydrogen) atoms. The Hall–Kier alpha value is -4.59. The molecule has 0 aliphatic heterocycles. The number of esters is 1. The first-order chi connectivity index (χ1) is 17.7. The van der Waals surface area contributed by atoms with Gasteiger partial charge >= 0.3 is 5.97 Å². The van der Waals surface area contributed by atoms with Gasteiger partial charge in [0.1, 0.15) is 30.2 Å². The molecule has 0 aliphatic carbocycles. The molecule has 0 fully saturated rings. The molecule has 5 aromatic rings. The molecule has 0 saturated carbocycles. The Bertz CT molecular complexity index is 1460. The van der Waals surface area contributed by atoms with E-state index < -0.39 is 5.97 Å². The van der Waals surface area contributed by atoms with Crippen LogP contribution in [0.15, 0.2) is 79.1 Å². The minimum atomic E-state index is -0.582. The van der Waals surface area contributed by atoms with Crippen molar-refractivity contribution in [3.63, 3.8) is 0 Å². The van der Waals surface area contributed by atoms with E-state index in [4.69, 9.17) is 18.9 Å². The quantitative estimate of drug-likeness (QED) is 0.259. The summed E-state index contributed by atoms with van der Waals surface area (Å²) in [7, 11) is 2.93. The smallest absolute Gasteiger partial charge is 0.360 e. The van der Waals surface area contributed by atoms with Gasteiger partial charge in [-0.3, -0.25) is 0 Å². The number of benzene rings is 3. The van der Waals surface area contributed by atoms with E-state index >= 15 is 0 Å². The maximum atomic E-state index is 12.8. The van der Waals surface area contributed by atoms with E-state index in [0.29, 0.717) is 33.7 Å². The predicted octanol–water partition coefficient (Wildman–Crippen LogP) is 6.08. The van der Waals surface area contributed by atoms with Crippen molar-refractivity contribution in [2.45, 2.75) is 20.5 Å². The molecule has 2 aromatic heterocycles. The van der Waals surface area contributed by atoms with Crippen LogP contribution >= 0.6 is 0 Å². The summed E-state index contributed by atoms with van der Waals surface area (Å²) >= 11 is 0. The molecule has 0 aliphatic rings. The fraction of sp³-hybridized carbons (Fsp3) is 0.179. The van der Waals surface area contributed by atoms with Gasteiger partial charge in [0.05, 0.1) is 19.6 Å². The number of fused-ring (bicyclic) bond motifs is 3. The third-order valence-corrected chi connectivity index (χ3v) is 5.36. The number of nitrogens with zero attached hydrogens (tertiary/aromatic N) is 3. The van der Waals surface area contributed by atoms with Gasteiger partial charge in [0.2, 0.25) is 0 Å². The van der Waals surface area contributed by atoms with Crippen LogP contribution in [0.1, 0.15) is 29.9 Å². The van der Waals surface area contributed by atoms with Crippen LogP contribution in [-0.2, 0) is 11.3 Å². The molecule has 3 aromatic carbocycles. The van der Waals surface area contributed by atoms with E-state index in [1.807, 2.05) is 86.6 Å². The maximum Gasteiger partial charge on any atom is 0.360 e. The van der Waals surface area contributed by atoms with Gasteiger partial charge in [-0.05, 0) is 35.9 Å². The third kappa shape index (κ3) is 4.79. The zero-order valence-corrected chi connectivity index (χ0v) is 20.6. The van der Waals surface area contributed by atoms with Crippen LogP contribution in [0.5, 0.6) is 23.0 Å². The highest BCUT2D eigenvalue weighted by atomic mass is 16.5. The van der Waals surface area contributed by atoms with Crippen LogP contribution in [-0.4, -0.2) is 34.8 Å². The Morgan fingerprint density at radius 2 is 1.61 bits per heavy atom. The van der Waals surface area contributed by atoms with Crippen molar-refractivity contribution in [1.29, 1.82) is 0 Å². The number of rotatable bonds is 7. The second kappa shape index (κ2) is 11.2. The number of pyridine rings is 1. The van der Waals surface area contributed by atoms with Crippen molar-refractivity contribution >= 4 is 22.4 Å². The van der Waals surface area contributed by atoms with Gasteiger partial charge in [0.15, 0.2) is 17.1 Å². The van der Waals surface area contributed by atoms with Crippen molar-refractivity contribution in [3.05, 3.63) is 90.4 Å². The summed E-state index contributed by atoms with van der Waals surface area (Å²) < 4.78 is 24.1. The first-order valence-corrected chi connectivity index (χ1v) is 11.5. The van der Waals surface area contributed by atoms with Crippen molar-refractivity contribution in [3.8, 4) is 23.0 Å². The molecule has 0 N–H and O–H groups in total. The van der Waals surface area contributed by atoms with Gasteiger partial charge in [-0.1, -0.05) is 56.3 Å². The fourth-order valence-corrected chi connectivity index (χ4v) is 3.76. The van der Waals surface area contributed by atoms with Gasteiger partial charge in [0.25, 0.3) is 0 Å². The number of hydrogen-bond donors (Lipinski definition) is 0. The van der Waals surface area contributed by atoms with E-state index in [9.17, 15) is 4.79 Å². The largest absolute Gasteiger partial charge is 0.497 e. The first-order valence-electron chi connectivity index (χ1n) is 11.5. The standard InChI is InChI=1S/C26H21N3O5.C2H6/c1-31-18-11-13-19(14-12-18)34-21-10-6-9-20-22(21)25-27-16-28-29(25)23(26(30)32-2)24(20)33-15-17-7-4-3-5-8-17;1-2/h3-14,16H,15H2,1-2H3;1-2H3. The summed E-state index contributed by atoms with van der Waals surface area (Å²) in [5.41, 5.74) is 1.56. The number of hydrogen-bond acceptors (Lipinski definition) is 7. The van der Waals surface area contributed by atoms with Crippen molar-refractivity contribution in [2.24, 2.45) is 0 Å². The molecular weight excluding hydrogens is 458 g/mol. The summed E-state index contributed by atoms with van der Waals surface area (Å²) in [5, 5.41) is 5.59. The topological polar surface area (TPSA) is 84.2 Å². The summed E-state index contributed by atoms with van der Waals surface area (Å²) in [4.78, 5) is 17.2. The van der Waals surface area contributed by atoms with E-state index in [2.05, 4.69) is 10.1 Å². The van der Waals surface area contributed by atoms with Gasteiger partial charge in [-0.15, -0.1) is 0 Å². The highest BCUT2D eigenvalue weighted by Crippen LogP contribution is 2.40. The Morgan fingerprint density at radius 1 is 0.889 bits per heavy atom. The highest BCUT2D eigenvalue weighted by Gasteiger charge is 2.26. The average Bonchev–Trinajstić information content (AvgIpc) is 3.43. The third-order valence-electron chi connectivity index (χ3n) is 5.36. The van der Waals surface area contributed by atoms with Crippen LogP contribution in [0.25, 0.3) is 16.4 Å². The summed E-state index contributed by atoms with van der Waals surface area (Å²) in [6, 6.07) is 22.5. The molecule has 0 unspecified atom stereocenters. The number of carbonyl (C=O) groups excluding carboxylic acids is 1. The molecule has 0 spiro atoms. The summed E-state index contributed by atoms with van der Waals surface area (Å²) in [6.07, 6.45) is 1.38. The van der Waals surface area contributed by atoms with Gasteiger partial charge in [-0.25, -0.2) is 14.3 Å². The number of methoxy groups -OCH3 is 2. The molecule has 0 radical (unpaired) electrons. The van der Waals surface area contributed by atoms with E-state index in [1.165, 1.54) is 18.0 Å². The van der Waals surface area contributed by atoms with Crippen LogP contribution in [0.2, 0.25) is 0 Å². The van der Waals surface area contributed by atoms with E-state index in [-0.39, 0.29) is 12.3 Å². The number of ether oxygens (including phenoxy) is 4. The minimum absolute atomic E-state index is 0.153. The molecule has 8 heteroatoms. The van der Waals surface area contributed by atoms with Crippen LogP contribution in [0, 0.1) is 0 Å². The highest BCUT2D eigenvalue weighted by molar-refractivity contribution is 6.08. The van der Waals surface area contributed by atoms with Crippen LogP contribution < -0.4 is 14.2 Å². The zero-order chi connectivity index (χ0) is 25.5. The predicted molar refractivity (Wildman–Crippen MR) is 137 cm³/mol. The second-order valence-corrected chi connectivity index (χ2v) is 7.40. The van der Waals surface area contributed by atoms with Gasteiger partial charge in [-0.2, -0.15) is 5.10 Å². The lowest BCUT2D eigenvalue weighted by Crippen LogP contribution is -2.13. The molecule has 2 heterocycles. The van der Waals surface area contributed by atoms with E-state index in [1.54, 1.807) is 7.11 Å². The lowest BCUT2D eigenvalue weighted by atomic mass is 10.1. The minimum Gasteiger partial charge on any atom is -0.497 e. The van der Waals surface area contributed by atoms with Crippen molar-refractivity contribution in [1.82, 2.24) is 14.6 Å². The molecule has 0 saturated heterocycles. The Morgan fingerprint density at radius 3 is 2.31 bits per heavy atom. The van der Waals surface area contributed by atoms with Crippen molar-refractivity contribution in [2.75, 3.05) is 14.2 Å². The Kier molecular flexibility index (Phi) is 7.65. The van der Waals surface area contributed by atoms with Gasteiger partial charge in [0, 0.05) is 5.39 Å². The average molecular weight is 486 g/mol. The zero-order valence-electron chi connectivity index (χ0n) is 20.6. The van der Waals surface area contributed by atoms with Crippen molar-refractivity contribution < 1.29 is 23.7 Å². The molecule has 5 rings (SSSR count). The second-order valence-electron chi connectivity index (χ2n) is 7.40. The Labute approximate surface area is 209 Å². The van der Waals surface area contributed by atoms with Gasteiger partial charge < -0.3 is 18.9 Å². The molecule has 184 valence electrons. The summed E-state index contributed by atoms with van der Waals surface area (Å²) in [6.45, 7) is 4.25. The molecule has 0 bridgehead atoms. The first kappa shape index (κ1) is 24.5. The summed E-state index contributed by atoms with van der Waals surface area (Å²) in [5.74, 6) is 1.65. The lowest BCUT2D eigenvalue weighted by molar-refractivity contribution is 0.0585. The molecule has 8 nitrogen and oxygen atoms in total. The SMILES string of the molecule is CC.COC(=O)c1c(OCc2ccccc2)c2cccc(Oc3ccc(OC)cc3)c2c2ncnn12. The van der Waals surface area contributed by atoms with Crippen LogP contribution in [0.4, 0.5) is 0 Å².